The molecule has 1 aromatic rings. The monoisotopic (exact) mass is 276 g/mol. The minimum atomic E-state index is -4.40. The highest BCUT2D eigenvalue weighted by Crippen LogP contribution is 2.22. The third-order valence-corrected chi connectivity index (χ3v) is 2.64. The van der Waals surface area contributed by atoms with Gasteiger partial charge in [0.05, 0.1) is 6.54 Å². The van der Waals surface area contributed by atoms with Gasteiger partial charge < -0.3 is 10.8 Å². The molecule has 3 N–H and O–H groups in total. The van der Waals surface area contributed by atoms with Crippen LogP contribution in [-0.4, -0.2) is 42.3 Å². The topological polar surface area (TPSA) is 66.6 Å². The summed E-state index contributed by atoms with van der Waals surface area (Å²) in [6.07, 6.45) is -4.40. The van der Waals surface area contributed by atoms with Crippen LogP contribution in [-0.2, 0) is 10.3 Å². The number of nitrogens with zero attached hydrogens (tertiary/aromatic N) is 1. The molecule has 0 aromatic heterocycles. The molecule has 19 heavy (non-hydrogen) atoms. The van der Waals surface area contributed by atoms with Gasteiger partial charge in [-0.05, 0) is 12.6 Å². The van der Waals surface area contributed by atoms with Crippen LogP contribution >= 0.6 is 0 Å². The Balaban J connectivity index is 2.93. The zero-order valence-electron chi connectivity index (χ0n) is 10.3. The summed E-state index contributed by atoms with van der Waals surface area (Å²) in [6.45, 7) is -1.65. The van der Waals surface area contributed by atoms with Gasteiger partial charge in [0.25, 0.3) is 0 Å². The molecule has 0 saturated carbocycles. The van der Waals surface area contributed by atoms with Crippen LogP contribution in [0.2, 0.25) is 0 Å². The zero-order chi connectivity index (χ0) is 14.7. The fraction of sp³-hybridized carbons (Fsp3) is 0.417. The van der Waals surface area contributed by atoms with E-state index in [4.69, 9.17) is 5.73 Å². The fourth-order valence-electron chi connectivity index (χ4n) is 1.81. The minimum Gasteiger partial charge on any atom is -0.480 e. The number of hydrogen-bond acceptors (Lipinski definition) is 3. The highest BCUT2D eigenvalue weighted by atomic mass is 19.4. The van der Waals surface area contributed by atoms with Crippen molar-refractivity contribution in [2.24, 2.45) is 5.73 Å². The second kappa shape index (κ2) is 5.58. The molecule has 106 valence electrons. The van der Waals surface area contributed by atoms with Gasteiger partial charge in [-0.2, -0.15) is 13.2 Å². The Kier molecular flexibility index (Phi) is 4.54. The maximum Gasteiger partial charge on any atom is 0.401 e. The van der Waals surface area contributed by atoms with Crippen molar-refractivity contribution in [3.63, 3.8) is 0 Å². The first kappa shape index (κ1) is 15.5. The lowest BCUT2D eigenvalue weighted by Gasteiger charge is -2.30. The van der Waals surface area contributed by atoms with Crippen molar-refractivity contribution >= 4 is 5.97 Å². The lowest BCUT2D eigenvalue weighted by Crippen LogP contribution is -2.53. The summed E-state index contributed by atoms with van der Waals surface area (Å²) in [4.78, 5) is 12.1. The number of alkyl halides is 3. The molecule has 0 spiro atoms. The number of likely N-dealkylation sites (N-methyl/N-ethyl adjacent to an activating group) is 1. The summed E-state index contributed by atoms with van der Waals surface area (Å²) in [5.74, 6) is -1.37. The van der Waals surface area contributed by atoms with E-state index >= 15 is 0 Å². The molecule has 1 atom stereocenters. The number of carboxylic acids is 1. The zero-order valence-corrected chi connectivity index (χ0v) is 10.3. The number of rotatable bonds is 5. The Morgan fingerprint density at radius 1 is 1.26 bits per heavy atom. The van der Waals surface area contributed by atoms with E-state index < -0.39 is 30.8 Å². The largest absolute Gasteiger partial charge is 0.480 e. The first-order valence-corrected chi connectivity index (χ1v) is 5.48. The molecule has 0 amide bonds. The molecular weight excluding hydrogens is 261 g/mol. The highest BCUT2D eigenvalue weighted by molar-refractivity contribution is 5.80. The van der Waals surface area contributed by atoms with Crippen molar-refractivity contribution in [2.45, 2.75) is 11.7 Å². The van der Waals surface area contributed by atoms with E-state index in [1.165, 1.54) is 19.2 Å². The van der Waals surface area contributed by atoms with E-state index in [0.717, 1.165) is 4.90 Å². The van der Waals surface area contributed by atoms with Crippen LogP contribution in [0.5, 0.6) is 0 Å². The lowest BCUT2D eigenvalue weighted by molar-refractivity contribution is -0.153. The molecule has 7 heteroatoms. The van der Waals surface area contributed by atoms with Crippen molar-refractivity contribution in [1.29, 1.82) is 0 Å². The van der Waals surface area contributed by atoms with Gasteiger partial charge in [-0.25, -0.2) is 4.79 Å². The molecule has 0 saturated heterocycles. The summed E-state index contributed by atoms with van der Waals surface area (Å²) in [5.41, 5.74) is 4.16. The Bertz CT molecular complexity index is 436. The Morgan fingerprint density at radius 2 is 1.79 bits per heavy atom. The van der Waals surface area contributed by atoms with Gasteiger partial charge in [-0.15, -0.1) is 0 Å². The predicted octanol–water partition coefficient (Wildman–Crippen LogP) is 1.42. The number of carbonyl (C=O) groups is 1. The summed E-state index contributed by atoms with van der Waals surface area (Å²) in [5, 5.41) is 9.20. The molecule has 0 radical (unpaired) electrons. The van der Waals surface area contributed by atoms with E-state index in [0.29, 0.717) is 0 Å². The fourth-order valence-corrected chi connectivity index (χ4v) is 1.81. The van der Waals surface area contributed by atoms with Crippen molar-refractivity contribution in [1.82, 2.24) is 4.90 Å². The molecule has 1 rings (SSSR count). The Hall–Kier alpha value is -1.60. The second-order valence-corrected chi connectivity index (χ2v) is 4.43. The molecule has 0 aliphatic carbocycles. The number of halogens is 3. The van der Waals surface area contributed by atoms with E-state index in [2.05, 4.69) is 0 Å². The third kappa shape index (κ3) is 4.22. The SMILES string of the molecule is CN(CC(F)(F)F)CC(N)(C(=O)O)c1ccccc1. The van der Waals surface area contributed by atoms with Crippen LogP contribution in [0.25, 0.3) is 0 Å². The first-order valence-electron chi connectivity index (χ1n) is 5.48. The number of hydrogen-bond donors (Lipinski definition) is 2. The van der Waals surface area contributed by atoms with Crippen LogP contribution in [0, 0.1) is 0 Å². The summed E-state index contributed by atoms with van der Waals surface area (Å²) < 4.78 is 36.8. The molecule has 0 aliphatic rings. The standard InChI is InChI=1S/C12H15F3N2O2/c1-17(8-12(13,14)15)7-11(16,10(18)19)9-5-3-2-4-6-9/h2-6H,7-8,16H2,1H3,(H,18,19). The van der Waals surface area contributed by atoms with Gasteiger partial charge in [0, 0.05) is 6.54 Å². The number of carboxylic acid groups (broad SMARTS) is 1. The summed E-state index contributed by atoms with van der Waals surface area (Å²) in [7, 11) is 1.18. The molecule has 1 aromatic carbocycles. The minimum absolute atomic E-state index is 0.261. The van der Waals surface area contributed by atoms with Gasteiger partial charge in [-0.3, -0.25) is 4.90 Å². The molecule has 4 nitrogen and oxygen atoms in total. The Morgan fingerprint density at radius 3 is 2.21 bits per heavy atom. The van der Waals surface area contributed by atoms with Gasteiger partial charge in [0.2, 0.25) is 0 Å². The van der Waals surface area contributed by atoms with E-state index in [9.17, 15) is 23.1 Å². The smallest absolute Gasteiger partial charge is 0.401 e. The van der Waals surface area contributed by atoms with Gasteiger partial charge in [0.1, 0.15) is 0 Å². The van der Waals surface area contributed by atoms with E-state index in [-0.39, 0.29) is 5.56 Å². The van der Waals surface area contributed by atoms with Crippen LogP contribution in [0.15, 0.2) is 30.3 Å². The lowest BCUT2D eigenvalue weighted by atomic mass is 9.90. The van der Waals surface area contributed by atoms with E-state index in [1.807, 2.05) is 0 Å². The molecular formula is C12H15F3N2O2. The normalized spacial score (nSPS) is 15.3. The maximum absolute atomic E-state index is 12.3. The van der Waals surface area contributed by atoms with Crippen LogP contribution in [0.1, 0.15) is 5.56 Å². The van der Waals surface area contributed by atoms with Crippen LogP contribution in [0.4, 0.5) is 13.2 Å². The molecule has 0 aliphatic heterocycles. The maximum atomic E-state index is 12.3. The average molecular weight is 276 g/mol. The molecule has 0 heterocycles. The predicted molar refractivity (Wildman–Crippen MR) is 63.5 cm³/mol. The van der Waals surface area contributed by atoms with Crippen molar-refractivity contribution < 1.29 is 23.1 Å². The molecule has 1 unspecified atom stereocenters. The van der Waals surface area contributed by atoms with Crippen molar-refractivity contribution in [3.05, 3.63) is 35.9 Å². The van der Waals surface area contributed by atoms with Gasteiger partial charge in [0.15, 0.2) is 5.54 Å². The summed E-state index contributed by atoms with van der Waals surface area (Å²) >= 11 is 0. The number of aliphatic carboxylic acids is 1. The van der Waals surface area contributed by atoms with Crippen LogP contribution in [0.3, 0.4) is 0 Å². The Labute approximate surface area is 108 Å². The quantitative estimate of drug-likeness (QED) is 0.853. The van der Waals surface area contributed by atoms with Crippen molar-refractivity contribution in [2.75, 3.05) is 20.1 Å². The summed E-state index contributed by atoms with van der Waals surface area (Å²) in [6, 6.07) is 7.81. The van der Waals surface area contributed by atoms with Crippen molar-refractivity contribution in [3.8, 4) is 0 Å². The average Bonchev–Trinajstić information content (AvgIpc) is 2.27. The molecule has 0 bridgehead atoms. The highest BCUT2D eigenvalue weighted by Gasteiger charge is 2.39. The van der Waals surface area contributed by atoms with Gasteiger partial charge in [-0.1, -0.05) is 30.3 Å². The third-order valence-electron chi connectivity index (χ3n) is 2.64. The molecule has 0 fully saturated rings. The number of nitrogens with two attached hydrogens (primary N) is 1. The first-order chi connectivity index (χ1) is 8.65. The van der Waals surface area contributed by atoms with E-state index in [1.54, 1.807) is 18.2 Å². The second-order valence-electron chi connectivity index (χ2n) is 4.43. The number of benzene rings is 1. The van der Waals surface area contributed by atoms with Crippen LogP contribution < -0.4 is 5.73 Å². The van der Waals surface area contributed by atoms with Gasteiger partial charge >= 0.3 is 12.1 Å².